The molecule has 106 valence electrons. The van der Waals surface area contributed by atoms with Crippen LogP contribution >= 0.6 is 11.3 Å². The van der Waals surface area contributed by atoms with Crippen LogP contribution in [-0.4, -0.2) is 27.0 Å². The molecule has 0 amide bonds. The molecule has 7 heteroatoms. The molecule has 0 spiro atoms. The molecule has 2 N–H and O–H groups in total. The quantitative estimate of drug-likeness (QED) is 0.800. The molecule has 3 aromatic rings. The summed E-state index contributed by atoms with van der Waals surface area (Å²) in [4.78, 5) is 19.9. The van der Waals surface area contributed by atoms with Gasteiger partial charge in [-0.15, -0.1) is 0 Å². The number of aryl methyl sites for hydroxylation is 1. The van der Waals surface area contributed by atoms with Gasteiger partial charge < -0.3 is 10.6 Å². The summed E-state index contributed by atoms with van der Waals surface area (Å²) in [5.41, 5.74) is 8.35. The van der Waals surface area contributed by atoms with Crippen LogP contribution in [0.1, 0.15) is 5.69 Å². The summed E-state index contributed by atoms with van der Waals surface area (Å²) in [6, 6.07) is 5.73. The van der Waals surface area contributed by atoms with Crippen LogP contribution in [0.15, 0.2) is 36.8 Å². The molecule has 3 aromatic heterocycles. The van der Waals surface area contributed by atoms with Crippen molar-refractivity contribution < 1.29 is 0 Å². The van der Waals surface area contributed by atoms with E-state index in [2.05, 4.69) is 19.9 Å². The number of thiazole rings is 1. The van der Waals surface area contributed by atoms with Gasteiger partial charge in [0.15, 0.2) is 5.13 Å². The van der Waals surface area contributed by atoms with Gasteiger partial charge in [-0.3, -0.25) is 4.98 Å². The second-order valence-electron chi connectivity index (χ2n) is 4.48. The lowest BCUT2D eigenvalue weighted by atomic mass is 10.3. The molecule has 21 heavy (non-hydrogen) atoms. The van der Waals surface area contributed by atoms with E-state index in [9.17, 15) is 0 Å². The van der Waals surface area contributed by atoms with E-state index in [4.69, 9.17) is 5.73 Å². The van der Waals surface area contributed by atoms with Gasteiger partial charge in [0.05, 0.1) is 28.1 Å². The lowest BCUT2D eigenvalue weighted by molar-refractivity contribution is 1.12. The monoisotopic (exact) mass is 298 g/mol. The fourth-order valence-electron chi connectivity index (χ4n) is 1.93. The number of hydrogen-bond donors (Lipinski definition) is 1. The van der Waals surface area contributed by atoms with Gasteiger partial charge in [-0.25, -0.2) is 15.0 Å². The first kappa shape index (κ1) is 13.4. The van der Waals surface area contributed by atoms with Gasteiger partial charge in [0, 0.05) is 19.4 Å². The summed E-state index contributed by atoms with van der Waals surface area (Å²) in [5, 5.41) is 0.882. The van der Waals surface area contributed by atoms with Crippen LogP contribution in [0, 0.1) is 6.92 Å². The molecule has 6 nitrogen and oxygen atoms in total. The third kappa shape index (κ3) is 2.68. The van der Waals surface area contributed by atoms with Crippen molar-refractivity contribution in [1.82, 2.24) is 19.9 Å². The molecule has 0 unspecified atom stereocenters. The smallest absolute Gasteiger partial charge is 0.220 e. The Bertz CT molecular complexity index is 755. The van der Waals surface area contributed by atoms with Gasteiger partial charge >= 0.3 is 0 Å². The summed E-state index contributed by atoms with van der Waals surface area (Å²) >= 11 is 1.57. The van der Waals surface area contributed by atoms with Crippen LogP contribution in [-0.2, 0) is 0 Å². The molecular formula is C14H14N6S. The highest BCUT2D eigenvalue weighted by Gasteiger charge is 2.15. The Morgan fingerprint density at radius 3 is 2.76 bits per heavy atom. The highest BCUT2D eigenvalue weighted by molar-refractivity contribution is 7.19. The molecule has 0 saturated carbocycles. The number of hydrogen-bond acceptors (Lipinski definition) is 7. The molecule has 3 heterocycles. The maximum absolute atomic E-state index is 5.65. The lowest BCUT2D eigenvalue weighted by Crippen LogP contribution is -2.08. The predicted molar refractivity (Wildman–Crippen MR) is 84.6 cm³/mol. The van der Waals surface area contributed by atoms with E-state index < -0.39 is 0 Å². The van der Waals surface area contributed by atoms with Gasteiger partial charge in [-0.05, 0) is 25.1 Å². The zero-order valence-corrected chi connectivity index (χ0v) is 12.5. The average Bonchev–Trinajstić information content (AvgIpc) is 2.89. The summed E-state index contributed by atoms with van der Waals surface area (Å²) in [5.74, 6) is 0.266. The maximum Gasteiger partial charge on any atom is 0.220 e. The third-order valence-electron chi connectivity index (χ3n) is 3.01. The minimum absolute atomic E-state index is 0.266. The number of nitrogens with zero attached hydrogens (tertiary/aromatic N) is 5. The fraction of sp³-hybridized carbons (Fsp3) is 0.143. The van der Waals surface area contributed by atoms with Crippen LogP contribution in [0.5, 0.6) is 0 Å². The van der Waals surface area contributed by atoms with Crippen molar-refractivity contribution in [2.24, 2.45) is 0 Å². The summed E-state index contributed by atoms with van der Waals surface area (Å²) < 4.78 is 0. The summed E-state index contributed by atoms with van der Waals surface area (Å²) in [7, 11) is 1.97. The topological polar surface area (TPSA) is 80.8 Å². The highest BCUT2D eigenvalue weighted by Crippen LogP contribution is 2.35. The van der Waals surface area contributed by atoms with Crippen LogP contribution in [0.3, 0.4) is 0 Å². The summed E-state index contributed by atoms with van der Waals surface area (Å²) in [6.45, 7) is 1.96. The molecular weight excluding hydrogens is 284 g/mol. The Labute approximate surface area is 126 Å². The van der Waals surface area contributed by atoms with Crippen LogP contribution < -0.4 is 10.6 Å². The Kier molecular flexibility index (Phi) is 3.49. The van der Waals surface area contributed by atoms with Gasteiger partial charge in [0.1, 0.15) is 0 Å². The van der Waals surface area contributed by atoms with Crippen LogP contribution in [0.4, 0.5) is 16.8 Å². The molecule has 0 fully saturated rings. The standard InChI is InChI=1S/C14H14N6S/c1-9-12(11-5-7-17-13(15)19-11)21-14(18-9)20(2)10-4-3-6-16-8-10/h3-8H,1-2H3,(H2,15,17,19). The van der Waals surface area contributed by atoms with Crippen molar-refractivity contribution in [1.29, 1.82) is 0 Å². The third-order valence-corrected chi connectivity index (χ3v) is 4.27. The average molecular weight is 298 g/mol. The van der Waals surface area contributed by atoms with E-state index in [1.807, 2.05) is 37.1 Å². The molecule has 3 rings (SSSR count). The minimum atomic E-state index is 0.266. The van der Waals surface area contributed by atoms with E-state index >= 15 is 0 Å². The highest BCUT2D eigenvalue weighted by atomic mass is 32.1. The molecule has 0 aliphatic heterocycles. The van der Waals surface area contributed by atoms with Gasteiger partial charge in [0.2, 0.25) is 5.95 Å². The normalized spacial score (nSPS) is 10.6. The number of nitrogen functional groups attached to an aromatic ring is 1. The Balaban J connectivity index is 1.98. The first-order valence-corrected chi connectivity index (χ1v) is 7.17. The van der Waals surface area contributed by atoms with Crippen molar-refractivity contribution in [2.45, 2.75) is 6.92 Å². The Morgan fingerprint density at radius 2 is 2.05 bits per heavy atom. The van der Waals surface area contributed by atoms with Crippen molar-refractivity contribution in [3.05, 3.63) is 42.5 Å². The van der Waals surface area contributed by atoms with Crippen molar-refractivity contribution in [3.8, 4) is 10.6 Å². The molecule has 0 bridgehead atoms. The molecule has 0 aromatic carbocycles. The second-order valence-corrected chi connectivity index (χ2v) is 5.46. The van der Waals surface area contributed by atoms with E-state index in [1.165, 1.54) is 0 Å². The fourth-order valence-corrected chi connectivity index (χ4v) is 2.95. The van der Waals surface area contributed by atoms with Gasteiger partial charge in [-0.2, -0.15) is 0 Å². The predicted octanol–water partition coefficient (Wildman–Crippen LogP) is 2.65. The zero-order valence-electron chi connectivity index (χ0n) is 11.7. The maximum atomic E-state index is 5.65. The lowest BCUT2D eigenvalue weighted by Gasteiger charge is -2.14. The molecule has 0 aliphatic rings. The SMILES string of the molecule is Cc1nc(N(C)c2cccnc2)sc1-c1ccnc(N)n1. The second kappa shape index (κ2) is 5.45. The number of pyridine rings is 1. The van der Waals surface area contributed by atoms with E-state index in [-0.39, 0.29) is 5.95 Å². The van der Waals surface area contributed by atoms with E-state index in [1.54, 1.807) is 29.9 Å². The minimum Gasteiger partial charge on any atom is -0.368 e. The first-order valence-electron chi connectivity index (χ1n) is 6.35. The Morgan fingerprint density at radius 1 is 1.19 bits per heavy atom. The van der Waals surface area contributed by atoms with Crippen LogP contribution in [0.25, 0.3) is 10.6 Å². The number of aromatic nitrogens is 4. The number of anilines is 3. The van der Waals surface area contributed by atoms with Crippen LogP contribution in [0.2, 0.25) is 0 Å². The molecule has 0 saturated heterocycles. The van der Waals surface area contributed by atoms with Gasteiger partial charge in [0.25, 0.3) is 0 Å². The van der Waals surface area contributed by atoms with Crippen molar-refractivity contribution in [2.75, 3.05) is 17.7 Å². The summed E-state index contributed by atoms with van der Waals surface area (Å²) in [6.07, 6.45) is 5.21. The first-order chi connectivity index (χ1) is 10.1. The van der Waals surface area contributed by atoms with Crippen molar-refractivity contribution in [3.63, 3.8) is 0 Å². The number of rotatable bonds is 3. The zero-order chi connectivity index (χ0) is 14.8. The Hall–Kier alpha value is -2.54. The molecule has 0 radical (unpaired) electrons. The number of nitrogens with two attached hydrogens (primary N) is 1. The molecule has 0 atom stereocenters. The van der Waals surface area contributed by atoms with E-state index in [0.717, 1.165) is 27.1 Å². The van der Waals surface area contributed by atoms with Gasteiger partial charge in [-0.1, -0.05) is 11.3 Å². The van der Waals surface area contributed by atoms with Crippen molar-refractivity contribution >= 4 is 28.1 Å². The largest absolute Gasteiger partial charge is 0.368 e. The molecule has 0 aliphatic carbocycles. The van der Waals surface area contributed by atoms with E-state index in [0.29, 0.717) is 0 Å².